The minimum Gasteiger partial charge on any atom is -0.497 e. The van der Waals surface area contributed by atoms with E-state index in [-0.39, 0.29) is 5.43 Å². The molecule has 23 heavy (non-hydrogen) atoms. The summed E-state index contributed by atoms with van der Waals surface area (Å²) >= 11 is 1.68. The third kappa shape index (κ3) is 3.27. The summed E-state index contributed by atoms with van der Waals surface area (Å²) in [4.78, 5) is 14.1. The first kappa shape index (κ1) is 15.3. The second-order valence-corrected chi connectivity index (χ2v) is 6.03. The smallest absolute Gasteiger partial charge is 0.220 e. The van der Waals surface area contributed by atoms with Crippen molar-refractivity contribution in [2.75, 3.05) is 14.2 Å². The Hall–Kier alpha value is -2.59. The number of thiophene rings is 1. The van der Waals surface area contributed by atoms with Gasteiger partial charge in [-0.25, -0.2) is 0 Å². The fourth-order valence-corrected chi connectivity index (χ4v) is 3.30. The minimum atomic E-state index is -0.120. The SMILES string of the molecule is COc1ccc(-c2ccc(-c3ccc(OC)c(=O)cc3)s2)cc1. The van der Waals surface area contributed by atoms with Gasteiger partial charge in [-0.3, -0.25) is 4.79 Å². The van der Waals surface area contributed by atoms with Crippen LogP contribution in [0.3, 0.4) is 0 Å². The van der Waals surface area contributed by atoms with Gasteiger partial charge in [-0.1, -0.05) is 0 Å². The zero-order valence-corrected chi connectivity index (χ0v) is 13.7. The van der Waals surface area contributed by atoms with E-state index < -0.39 is 0 Å². The standard InChI is InChI=1S/C19H16O3S/c1-21-15-7-3-13(4-8-15)18-11-12-19(23-18)14-5-9-16(20)17(22-2)10-6-14/h3-12H,1-2H3. The van der Waals surface area contributed by atoms with Crippen LogP contribution in [0.1, 0.15) is 0 Å². The summed E-state index contributed by atoms with van der Waals surface area (Å²) < 4.78 is 10.3. The Morgan fingerprint density at radius 2 is 1.26 bits per heavy atom. The predicted molar refractivity (Wildman–Crippen MR) is 94.6 cm³/mol. The molecule has 0 aliphatic carbocycles. The summed E-state index contributed by atoms with van der Waals surface area (Å²) in [7, 11) is 3.16. The van der Waals surface area contributed by atoms with Gasteiger partial charge in [-0.15, -0.1) is 11.3 Å². The molecule has 3 aromatic rings. The van der Waals surface area contributed by atoms with Gasteiger partial charge < -0.3 is 9.47 Å². The Morgan fingerprint density at radius 1 is 0.696 bits per heavy atom. The molecule has 0 bridgehead atoms. The highest BCUT2D eigenvalue weighted by Gasteiger charge is 2.06. The van der Waals surface area contributed by atoms with Crippen LogP contribution in [0.25, 0.3) is 20.9 Å². The van der Waals surface area contributed by atoms with E-state index in [1.54, 1.807) is 30.6 Å². The highest BCUT2D eigenvalue weighted by atomic mass is 32.1. The molecule has 0 N–H and O–H groups in total. The number of benzene rings is 1. The minimum absolute atomic E-state index is 0.120. The number of rotatable bonds is 4. The summed E-state index contributed by atoms with van der Waals surface area (Å²) in [6, 6.07) is 19.1. The van der Waals surface area contributed by atoms with Crippen LogP contribution in [-0.4, -0.2) is 14.2 Å². The molecule has 1 aromatic heterocycles. The molecule has 0 amide bonds. The lowest BCUT2D eigenvalue weighted by atomic mass is 10.2. The van der Waals surface area contributed by atoms with Gasteiger partial charge in [0.05, 0.1) is 14.2 Å². The molecule has 0 aliphatic heterocycles. The first-order valence-corrected chi connectivity index (χ1v) is 7.96. The molecule has 0 atom stereocenters. The number of hydrogen-bond acceptors (Lipinski definition) is 4. The average Bonchev–Trinajstić information content (AvgIpc) is 3.00. The fourth-order valence-electron chi connectivity index (χ4n) is 2.29. The largest absolute Gasteiger partial charge is 0.497 e. The van der Waals surface area contributed by atoms with E-state index in [1.165, 1.54) is 12.0 Å². The van der Waals surface area contributed by atoms with Gasteiger partial charge >= 0.3 is 0 Å². The Morgan fingerprint density at radius 3 is 1.83 bits per heavy atom. The van der Waals surface area contributed by atoms with Crippen molar-refractivity contribution in [3.8, 4) is 32.4 Å². The molecule has 0 unspecified atom stereocenters. The lowest BCUT2D eigenvalue weighted by Gasteiger charge is -2.00. The predicted octanol–water partition coefficient (Wildman–Crippen LogP) is 4.46. The van der Waals surface area contributed by atoms with Gasteiger partial charge in [0, 0.05) is 9.75 Å². The maximum Gasteiger partial charge on any atom is 0.220 e. The molecular formula is C19H16O3S. The van der Waals surface area contributed by atoms with Crippen LogP contribution < -0.4 is 14.9 Å². The molecule has 4 heteroatoms. The summed E-state index contributed by atoms with van der Waals surface area (Å²) in [6.45, 7) is 0. The van der Waals surface area contributed by atoms with Crippen molar-refractivity contribution in [1.82, 2.24) is 0 Å². The summed E-state index contributed by atoms with van der Waals surface area (Å²) in [6.07, 6.45) is 0. The molecule has 0 aliphatic rings. The molecule has 0 fully saturated rings. The number of hydrogen-bond donors (Lipinski definition) is 0. The van der Waals surface area contributed by atoms with Crippen molar-refractivity contribution in [3.05, 3.63) is 70.9 Å². The van der Waals surface area contributed by atoms with E-state index in [0.717, 1.165) is 21.8 Å². The molecular weight excluding hydrogens is 308 g/mol. The third-order valence-electron chi connectivity index (χ3n) is 3.56. The van der Waals surface area contributed by atoms with Gasteiger partial charge in [-0.2, -0.15) is 0 Å². The Balaban J connectivity index is 1.95. The zero-order chi connectivity index (χ0) is 16.2. The zero-order valence-electron chi connectivity index (χ0n) is 12.9. The molecule has 0 saturated heterocycles. The summed E-state index contributed by atoms with van der Waals surface area (Å²) in [5.41, 5.74) is 2.02. The Kier molecular flexibility index (Phi) is 4.44. The highest BCUT2D eigenvalue weighted by Crippen LogP contribution is 2.34. The maximum atomic E-state index is 11.8. The van der Waals surface area contributed by atoms with Gasteiger partial charge in [0.1, 0.15) is 5.75 Å². The van der Waals surface area contributed by atoms with Crippen LogP contribution in [0.5, 0.6) is 11.5 Å². The monoisotopic (exact) mass is 324 g/mol. The van der Waals surface area contributed by atoms with E-state index >= 15 is 0 Å². The lowest BCUT2D eigenvalue weighted by Crippen LogP contribution is -1.98. The second kappa shape index (κ2) is 6.67. The van der Waals surface area contributed by atoms with Crippen LogP contribution >= 0.6 is 11.3 Å². The topological polar surface area (TPSA) is 35.5 Å². The van der Waals surface area contributed by atoms with Crippen LogP contribution in [0, 0.1) is 0 Å². The maximum absolute atomic E-state index is 11.8. The Bertz CT molecular complexity index is 866. The molecule has 116 valence electrons. The van der Waals surface area contributed by atoms with E-state index in [4.69, 9.17) is 9.47 Å². The summed E-state index contributed by atoms with van der Waals surface area (Å²) in [5, 5.41) is 0. The normalized spacial score (nSPS) is 10.3. The van der Waals surface area contributed by atoms with Crippen molar-refractivity contribution in [2.45, 2.75) is 0 Å². The van der Waals surface area contributed by atoms with Crippen molar-refractivity contribution >= 4 is 11.3 Å². The number of methoxy groups -OCH3 is 2. The van der Waals surface area contributed by atoms with E-state index in [9.17, 15) is 4.79 Å². The van der Waals surface area contributed by atoms with Gasteiger partial charge in [0.2, 0.25) is 5.43 Å². The molecule has 0 saturated carbocycles. The first-order chi connectivity index (χ1) is 11.2. The molecule has 1 heterocycles. The average molecular weight is 324 g/mol. The molecule has 3 nitrogen and oxygen atoms in total. The van der Waals surface area contributed by atoms with Crippen LogP contribution in [0.2, 0.25) is 0 Å². The van der Waals surface area contributed by atoms with Crippen LogP contribution in [0.15, 0.2) is 65.5 Å². The molecule has 0 radical (unpaired) electrons. The highest BCUT2D eigenvalue weighted by molar-refractivity contribution is 7.18. The first-order valence-electron chi connectivity index (χ1n) is 7.14. The van der Waals surface area contributed by atoms with Crippen molar-refractivity contribution in [1.29, 1.82) is 0 Å². The van der Waals surface area contributed by atoms with E-state index in [0.29, 0.717) is 5.75 Å². The van der Waals surface area contributed by atoms with Gasteiger partial charge in [-0.05, 0) is 71.8 Å². The van der Waals surface area contributed by atoms with Gasteiger partial charge in [0.25, 0.3) is 0 Å². The summed E-state index contributed by atoms with van der Waals surface area (Å²) in [5.74, 6) is 1.19. The van der Waals surface area contributed by atoms with Crippen LogP contribution in [0.4, 0.5) is 0 Å². The van der Waals surface area contributed by atoms with Gasteiger partial charge in [0.15, 0.2) is 5.75 Å². The van der Waals surface area contributed by atoms with Crippen molar-refractivity contribution in [3.63, 3.8) is 0 Å². The second-order valence-electron chi connectivity index (χ2n) is 4.95. The molecule has 0 spiro atoms. The van der Waals surface area contributed by atoms with E-state index in [1.807, 2.05) is 36.4 Å². The lowest BCUT2D eigenvalue weighted by molar-refractivity contribution is 0.411. The Labute approximate surface area is 138 Å². The molecule has 3 rings (SSSR count). The van der Waals surface area contributed by atoms with Crippen molar-refractivity contribution in [2.24, 2.45) is 0 Å². The van der Waals surface area contributed by atoms with Crippen LogP contribution in [-0.2, 0) is 0 Å². The molecule has 2 aromatic carbocycles. The van der Waals surface area contributed by atoms with Crippen molar-refractivity contribution < 1.29 is 9.47 Å². The quantitative estimate of drug-likeness (QED) is 0.711. The van der Waals surface area contributed by atoms with E-state index in [2.05, 4.69) is 12.1 Å². The number of ether oxygens (including phenoxy) is 2. The fraction of sp³-hybridized carbons (Fsp3) is 0.105. The third-order valence-corrected chi connectivity index (χ3v) is 4.74.